The van der Waals surface area contributed by atoms with Gasteiger partial charge in [-0.05, 0) is 50.6 Å². The highest BCUT2D eigenvalue weighted by Crippen LogP contribution is 2.49. The molecule has 3 heterocycles. The van der Waals surface area contributed by atoms with E-state index >= 15 is 0 Å². The summed E-state index contributed by atoms with van der Waals surface area (Å²) in [4.78, 5) is 77.1. The number of alkyl halides is 1. The maximum atomic E-state index is 13.7. The molecule has 14 nitrogen and oxygen atoms in total. The zero-order valence-electron chi connectivity index (χ0n) is 29.2. The number of aryl methyl sites for hydroxylation is 1. The molecule has 1 fully saturated rings. The predicted molar refractivity (Wildman–Crippen MR) is 180 cm³/mol. The highest BCUT2D eigenvalue weighted by Gasteiger charge is 2.56. The van der Waals surface area contributed by atoms with Crippen molar-refractivity contribution in [3.8, 4) is 5.75 Å². The lowest BCUT2D eigenvalue weighted by molar-refractivity contribution is -0.282. The summed E-state index contributed by atoms with van der Waals surface area (Å²) in [5, 5.41) is 2.71. The van der Waals surface area contributed by atoms with Crippen LogP contribution in [0.15, 0.2) is 11.4 Å². The molecule has 2 aliphatic heterocycles. The molecule has 1 saturated heterocycles. The average molecular weight is 740 g/mol. The van der Waals surface area contributed by atoms with Crippen molar-refractivity contribution in [1.82, 2.24) is 0 Å². The van der Waals surface area contributed by atoms with Crippen molar-refractivity contribution in [2.24, 2.45) is 0 Å². The smallest absolute Gasteiger partial charge is 0.339 e. The lowest BCUT2D eigenvalue weighted by atomic mass is 9.96. The summed E-state index contributed by atoms with van der Waals surface area (Å²) < 4.78 is 39.7. The Morgan fingerprint density at radius 2 is 1.58 bits per heavy atom. The van der Waals surface area contributed by atoms with Crippen molar-refractivity contribution in [3.63, 3.8) is 0 Å². The third kappa shape index (κ3) is 8.85. The molecule has 0 aliphatic carbocycles. The molecule has 1 aromatic heterocycles. The maximum absolute atomic E-state index is 13.7. The Bertz CT molecular complexity index is 1650. The second-order valence-corrected chi connectivity index (χ2v) is 14.2. The Morgan fingerprint density at radius 1 is 0.960 bits per heavy atom. The average Bonchev–Trinajstić information content (AvgIpc) is 3.58. The van der Waals surface area contributed by atoms with Gasteiger partial charge >= 0.3 is 29.8 Å². The minimum Gasteiger partial charge on any atom is -0.467 e. The summed E-state index contributed by atoms with van der Waals surface area (Å²) in [6, 6.07) is 1.65. The van der Waals surface area contributed by atoms with Gasteiger partial charge in [0.1, 0.15) is 11.4 Å². The Balaban J connectivity index is 1.76. The van der Waals surface area contributed by atoms with E-state index in [1.807, 2.05) is 12.3 Å². The van der Waals surface area contributed by atoms with Crippen LogP contribution in [0.1, 0.15) is 77.8 Å². The number of ether oxygens (including phenoxy) is 7. The van der Waals surface area contributed by atoms with Crippen LogP contribution in [0.2, 0.25) is 0 Å². The molecule has 274 valence electrons. The fourth-order valence-electron chi connectivity index (χ4n) is 6.06. The lowest BCUT2D eigenvalue weighted by Gasteiger charge is -2.43. The number of halogens is 1. The molecule has 0 unspecified atom stereocenters. The number of esters is 5. The van der Waals surface area contributed by atoms with Crippen LogP contribution >= 0.6 is 22.9 Å². The molecule has 16 heteroatoms. The van der Waals surface area contributed by atoms with Crippen LogP contribution in [0.25, 0.3) is 10.1 Å². The number of carbonyl (C=O) groups excluding carboxylic acids is 6. The predicted octanol–water partition coefficient (Wildman–Crippen LogP) is 4.46. The van der Waals surface area contributed by atoms with Gasteiger partial charge in [0.2, 0.25) is 18.3 Å². The highest BCUT2D eigenvalue weighted by molar-refractivity contribution is 7.17. The van der Waals surface area contributed by atoms with E-state index in [1.54, 1.807) is 31.7 Å². The molecule has 6 atom stereocenters. The maximum Gasteiger partial charge on any atom is 0.339 e. The minimum atomic E-state index is -1.65. The first-order valence-corrected chi connectivity index (χ1v) is 17.4. The van der Waals surface area contributed by atoms with Crippen LogP contribution in [0.4, 0.5) is 5.69 Å². The van der Waals surface area contributed by atoms with Crippen molar-refractivity contribution >= 4 is 74.5 Å². The summed E-state index contributed by atoms with van der Waals surface area (Å²) in [5.74, 6) is -3.85. The van der Waals surface area contributed by atoms with Crippen molar-refractivity contribution < 1.29 is 61.9 Å². The Hall–Kier alpha value is -3.95. The standard InChI is InChI=1S/C34H42ClNO13S/c1-16-15-50-31-22(12-21-26(25(16)31)20(13-35)14-36(21)23(40)10-9-11-24(41)49-34(5,6)7)47-33-30(46-19(4)39)28(45-18(3)38)27(44-17(2)37)29(48-33)32(42)43-8/h12,15,20,27-30,33H,9-11,13-14H2,1-8H3/t20-,27+,28+,29+,30-,33-/m1/s1. The molecule has 0 saturated carbocycles. The van der Waals surface area contributed by atoms with Gasteiger partial charge < -0.3 is 38.1 Å². The van der Waals surface area contributed by atoms with E-state index in [4.69, 9.17) is 44.8 Å². The number of nitrogens with zero attached hydrogens (tertiary/aromatic N) is 1. The molecule has 2 aromatic rings. The number of amides is 1. The van der Waals surface area contributed by atoms with E-state index in [-0.39, 0.29) is 49.3 Å². The zero-order chi connectivity index (χ0) is 37.1. The van der Waals surface area contributed by atoms with E-state index in [1.165, 1.54) is 11.3 Å². The summed E-state index contributed by atoms with van der Waals surface area (Å²) in [5.41, 5.74) is 1.63. The van der Waals surface area contributed by atoms with Crippen LogP contribution in [-0.4, -0.2) is 91.6 Å². The molecule has 1 aromatic carbocycles. The fraction of sp³-hybridized carbons (Fsp3) is 0.588. The molecule has 0 N–H and O–H groups in total. The number of rotatable bonds is 11. The van der Waals surface area contributed by atoms with Crippen molar-refractivity contribution in [2.75, 3.05) is 24.4 Å². The van der Waals surface area contributed by atoms with Crippen LogP contribution in [-0.2, 0) is 57.2 Å². The van der Waals surface area contributed by atoms with Crippen LogP contribution in [0, 0.1) is 6.92 Å². The van der Waals surface area contributed by atoms with Gasteiger partial charge in [-0.15, -0.1) is 22.9 Å². The molecular formula is C34H42ClNO13S. The Kier molecular flexibility index (Phi) is 12.4. The van der Waals surface area contributed by atoms with Gasteiger partial charge in [-0.25, -0.2) is 4.79 Å². The molecular weight excluding hydrogens is 698 g/mol. The van der Waals surface area contributed by atoms with Gasteiger partial charge in [-0.1, -0.05) is 0 Å². The summed E-state index contributed by atoms with van der Waals surface area (Å²) in [7, 11) is 1.09. The van der Waals surface area contributed by atoms with E-state index in [2.05, 4.69) is 0 Å². The number of carbonyl (C=O) groups is 6. The molecule has 0 bridgehead atoms. The first kappa shape index (κ1) is 38.8. The molecule has 0 spiro atoms. The Labute approximate surface area is 298 Å². The first-order chi connectivity index (χ1) is 23.4. The van der Waals surface area contributed by atoms with Gasteiger partial charge in [-0.3, -0.25) is 24.0 Å². The normalized spacial score (nSPS) is 23.1. The van der Waals surface area contributed by atoms with Crippen LogP contribution < -0.4 is 9.64 Å². The minimum absolute atomic E-state index is 0.0627. The number of benzene rings is 1. The molecule has 50 heavy (non-hydrogen) atoms. The van der Waals surface area contributed by atoms with Crippen LogP contribution in [0.3, 0.4) is 0 Å². The number of methoxy groups -OCH3 is 1. The largest absolute Gasteiger partial charge is 0.467 e. The third-order valence-electron chi connectivity index (χ3n) is 7.87. The van der Waals surface area contributed by atoms with Crippen LogP contribution in [0.5, 0.6) is 5.75 Å². The number of hydrogen-bond donors (Lipinski definition) is 0. The van der Waals surface area contributed by atoms with Gasteiger partial charge in [0.15, 0.2) is 18.3 Å². The number of hydrogen-bond acceptors (Lipinski definition) is 14. The molecule has 1 amide bonds. The first-order valence-electron chi connectivity index (χ1n) is 16.0. The highest BCUT2D eigenvalue weighted by atomic mass is 35.5. The second kappa shape index (κ2) is 15.9. The summed E-state index contributed by atoms with van der Waals surface area (Å²) in [6.07, 6.45) is -7.47. The summed E-state index contributed by atoms with van der Waals surface area (Å²) in [6.45, 7) is 10.8. The van der Waals surface area contributed by atoms with Gasteiger partial charge in [-0.2, -0.15) is 0 Å². The number of fused-ring (bicyclic) bond motifs is 3. The van der Waals surface area contributed by atoms with E-state index < -0.39 is 66.2 Å². The van der Waals surface area contributed by atoms with E-state index in [0.717, 1.165) is 44.4 Å². The monoisotopic (exact) mass is 739 g/mol. The molecule has 2 aliphatic rings. The topological polar surface area (TPSA) is 170 Å². The SMILES string of the molecule is COC(=O)[C@H]1O[C@@H](Oc2cc3c(c4c(C)csc24)[C@H](CCl)CN3C(=O)CCCC(=O)OC(C)(C)C)[C@H](OC(C)=O)[C@@H](OC(C)=O)[C@@H]1OC(C)=O. The molecule has 0 radical (unpaired) electrons. The van der Waals surface area contributed by atoms with Gasteiger partial charge in [0.25, 0.3) is 0 Å². The van der Waals surface area contributed by atoms with E-state index in [9.17, 15) is 28.8 Å². The third-order valence-corrected chi connectivity index (χ3v) is 9.36. The molecule has 4 rings (SSSR count). The van der Waals surface area contributed by atoms with Crippen molar-refractivity contribution in [3.05, 3.63) is 22.6 Å². The van der Waals surface area contributed by atoms with E-state index in [0.29, 0.717) is 10.4 Å². The van der Waals surface area contributed by atoms with Gasteiger partial charge in [0, 0.05) is 63.4 Å². The van der Waals surface area contributed by atoms with Crippen molar-refractivity contribution in [1.29, 1.82) is 0 Å². The number of thiophene rings is 1. The zero-order valence-corrected chi connectivity index (χ0v) is 30.8. The van der Waals surface area contributed by atoms with Gasteiger partial charge in [0.05, 0.1) is 17.5 Å². The summed E-state index contributed by atoms with van der Waals surface area (Å²) >= 11 is 7.80. The van der Waals surface area contributed by atoms with Crippen molar-refractivity contribution in [2.45, 2.75) is 110 Å². The fourth-order valence-corrected chi connectivity index (χ4v) is 7.34. The Morgan fingerprint density at radius 3 is 2.16 bits per heavy atom. The second-order valence-electron chi connectivity index (χ2n) is 13.0. The lowest BCUT2D eigenvalue weighted by Crippen LogP contribution is -2.64. The quantitative estimate of drug-likeness (QED) is 0.180. The number of anilines is 1.